The van der Waals surface area contributed by atoms with Gasteiger partial charge < -0.3 is 15.8 Å². The molecule has 4 heteroatoms. The monoisotopic (exact) mass is 200 g/mol. The molecule has 0 spiro atoms. The second kappa shape index (κ2) is 5.32. The summed E-state index contributed by atoms with van der Waals surface area (Å²) in [5.74, 6) is 0.127. The van der Waals surface area contributed by atoms with Gasteiger partial charge in [0.1, 0.15) is 0 Å². The molecule has 1 saturated carbocycles. The normalized spacial score (nSPS) is 18.7. The van der Waals surface area contributed by atoms with Crippen LogP contribution in [0.4, 0.5) is 0 Å². The van der Waals surface area contributed by atoms with Crippen LogP contribution >= 0.6 is 0 Å². The molecule has 82 valence electrons. The first-order chi connectivity index (χ1) is 6.75. The third-order valence-corrected chi connectivity index (χ3v) is 2.99. The summed E-state index contributed by atoms with van der Waals surface area (Å²) in [5, 5.41) is 2.91. The average molecular weight is 200 g/mol. The molecular weight excluding hydrogens is 180 g/mol. The largest absolute Gasteiger partial charge is 0.385 e. The minimum Gasteiger partial charge on any atom is -0.385 e. The lowest BCUT2D eigenvalue weighted by molar-refractivity contribution is -0.135. The van der Waals surface area contributed by atoms with Crippen LogP contribution in [0, 0.1) is 5.41 Å². The van der Waals surface area contributed by atoms with Crippen molar-refractivity contribution < 1.29 is 9.53 Å². The van der Waals surface area contributed by atoms with E-state index < -0.39 is 0 Å². The van der Waals surface area contributed by atoms with E-state index >= 15 is 0 Å². The zero-order chi connectivity index (χ0) is 10.4. The Bertz CT molecular complexity index is 185. The van der Waals surface area contributed by atoms with Crippen LogP contribution in [0.1, 0.15) is 25.7 Å². The summed E-state index contributed by atoms with van der Waals surface area (Å²) in [7, 11) is 1.66. The van der Waals surface area contributed by atoms with Gasteiger partial charge in [0, 0.05) is 26.8 Å². The Kier molecular flexibility index (Phi) is 4.35. The number of rotatable bonds is 6. The number of nitrogens with two attached hydrogens (primary N) is 1. The van der Waals surface area contributed by atoms with Crippen molar-refractivity contribution in [1.29, 1.82) is 0 Å². The van der Waals surface area contributed by atoms with Gasteiger partial charge in [-0.15, -0.1) is 0 Å². The first-order valence-electron chi connectivity index (χ1n) is 5.22. The van der Waals surface area contributed by atoms with Gasteiger partial charge >= 0.3 is 0 Å². The Morgan fingerprint density at radius 2 is 2.29 bits per heavy atom. The van der Waals surface area contributed by atoms with Crippen molar-refractivity contribution in [3.8, 4) is 0 Å². The maximum absolute atomic E-state index is 11.7. The Balaban J connectivity index is 2.20. The smallest absolute Gasteiger partial charge is 0.227 e. The fourth-order valence-corrected chi connectivity index (χ4v) is 1.73. The lowest BCUT2D eigenvalue weighted by atomic mass is 9.68. The van der Waals surface area contributed by atoms with Gasteiger partial charge in [-0.2, -0.15) is 0 Å². The summed E-state index contributed by atoms with van der Waals surface area (Å²) in [6.07, 6.45) is 3.88. The van der Waals surface area contributed by atoms with Crippen LogP contribution in [0.15, 0.2) is 0 Å². The topological polar surface area (TPSA) is 64.3 Å². The maximum atomic E-state index is 11.7. The zero-order valence-corrected chi connectivity index (χ0v) is 8.84. The highest BCUT2D eigenvalue weighted by atomic mass is 16.5. The van der Waals surface area contributed by atoms with Gasteiger partial charge in [0.05, 0.1) is 5.41 Å². The van der Waals surface area contributed by atoms with Crippen LogP contribution in [0.5, 0.6) is 0 Å². The average Bonchev–Trinajstić information content (AvgIpc) is 2.12. The van der Waals surface area contributed by atoms with Gasteiger partial charge in [0.2, 0.25) is 5.91 Å². The SMILES string of the molecule is COCCCNC(=O)C1(CN)CCC1. The summed E-state index contributed by atoms with van der Waals surface area (Å²) in [6.45, 7) is 1.85. The molecule has 1 aliphatic rings. The Morgan fingerprint density at radius 3 is 2.71 bits per heavy atom. The van der Waals surface area contributed by atoms with E-state index in [1.165, 1.54) is 0 Å². The van der Waals surface area contributed by atoms with E-state index in [4.69, 9.17) is 10.5 Å². The van der Waals surface area contributed by atoms with E-state index in [1.807, 2.05) is 0 Å². The summed E-state index contributed by atoms with van der Waals surface area (Å²) in [5.41, 5.74) is 5.37. The summed E-state index contributed by atoms with van der Waals surface area (Å²) in [4.78, 5) is 11.7. The van der Waals surface area contributed by atoms with Crippen molar-refractivity contribution in [1.82, 2.24) is 5.32 Å². The van der Waals surface area contributed by atoms with E-state index in [0.29, 0.717) is 19.7 Å². The molecule has 0 aliphatic heterocycles. The zero-order valence-electron chi connectivity index (χ0n) is 8.84. The van der Waals surface area contributed by atoms with Crippen molar-refractivity contribution in [3.63, 3.8) is 0 Å². The summed E-state index contributed by atoms with van der Waals surface area (Å²) < 4.78 is 4.90. The van der Waals surface area contributed by atoms with Gasteiger partial charge in [-0.3, -0.25) is 4.79 Å². The Labute approximate surface area is 85.2 Å². The number of carbonyl (C=O) groups is 1. The minimum atomic E-state index is -0.243. The lowest BCUT2D eigenvalue weighted by Crippen LogP contribution is -2.50. The summed E-state index contributed by atoms with van der Waals surface area (Å²) in [6, 6.07) is 0. The highest BCUT2D eigenvalue weighted by Crippen LogP contribution is 2.39. The third kappa shape index (κ3) is 2.45. The first-order valence-corrected chi connectivity index (χ1v) is 5.22. The van der Waals surface area contributed by atoms with Crippen molar-refractivity contribution in [2.24, 2.45) is 11.1 Å². The van der Waals surface area contributed by atoms with Crippen molar-refractivity contribution >= 4 is 5.91 Å². The predicted octanol–water partition coefficient (Wildman–Crippen LogP) is 0.268. The maximum Gasteiger partial charge on any atom is 0.227 e. The van der Waals surface area contributed by atoms with Gasteiger partial charge in [-0.1, -0.05) is 6.42 Å². The third-order valence-electron chi connectivity index (χ3n) is 2.99. The summed E-state index contributed by atoms with van der Waals surface area (Å²) >= 11 is 0. The van der Waals surface area contributed by atoms with E-state index in [9.17, 15) is 4.79 Å². The molecule has 1 rings (SSSR count). The Hall–Kier alpha value is -0.610. The van der Waals surface area contributed by atoms with Crippen LogP contribution in [-0.4, -0.2) is 32.7 Å². The highest BCUT2D eigenvalue weighted by molar-refractivity contribution is 5.83. The van der Waals surface area contributed by atoms with Crippen LogP contribution < -0.4 is 11.1 Å². The van der Waals surface area contributed by atoms with E-state index in [1.54, 1.807) is 7.11 Å². The molecule has 0 saturated heterocycles. The van der Waals surface area contributed by atoms with Crippen LogP contribution in [-0.2, 0) is 9.53 Å². The quantitative estimate of drug-likeness (QED) is 0.605. The predicted molar refractivity (Wildman–Crippen MR) is 54.8 cm³/mol. The number of amides is 1. The fourth-order valence-electron chi connectivity index (χ4n) is 1.73. The number of nitrogens with one attached hydrogen (secondary N) is 1. The molecule has 0 aromatic carbocycles. The van der Waals surface area contributed by atoms with E-state index in [0.717, 1.165) is 25.7 Å². The van der Waals surface area contributed by atoms with Gasteiger partial charge in [-0.05, 0) is 19.3 Å². The Morgan fingerprint density at radius 1 is 1.57 bits per heavy atom. The number of ether oxygens (including phenoxy) is 1. The van der Waals surface area contributed by atoms with E-state index in [-0.39, 0.29) is 11.3 Å². The first kappa shape index (κ1) is 11.5. The molecule has 0 heterocycles. The van der Waals surface area contributed by atoms with Crippen molar-refractivity contribution in [3.05, 3.63) is 0 Å². The van der Waals surface area contributed by atoms with Crippen LogP contribution in [0.25, 0.3) is 0 Å². The molecule has 0 atom stereocenters. The van der Waals surface area contributed by atoms with Gasteiger partial charge in [0.25, 0.3) is 0 Å². The molecule has 4 nitrogen and oxygen atoms in total. The minimum absolute atomic E-state index is 0.127. The molecule has 0 radical (unpaired) electrons. The number of hydrogen-bond acceptors (Lipinski definition) is 3. The molecule has 0 unspecified atom stereocenters. The van der Waals surface area contributed by atoms with Crippen LogP contribution in [0.2, 0.25) is 0 Å². The fraction of sp³-hybridized carbons (Fsp3) is 0.900. The molecule has 1 aliphatic carbocycles. The van der Waals surface area contributed by atoms with E-state index in [2.05, 4.69) is 5.32 Å². The molecule has 1 fully saturated rings. The van der Waals surface area contributed by atoms with Gasteiger partial charge in [-0.25, -0.2) is 0 Å². The molecule has 0 aromatic rings. The molecular formula is C10H20N2O2. The molecule has 1 amide bonds. The second-order valence-corrected chi connectivity index (χ2v) is 3.94. The standard InChI is InChI=1S/C10H20N2O2/c1-14-7-3-6-12-9(13)10(8-11)4-2-5-10/h2-8,11H2,1H3,(H,12,13). The molecule has 3 N–H and O–H groups in total. The number of hydrogen-bond donors (Lipinski definition) is 2. The molecule has 0 aromatic heterocycles. The molecule has 14 heavy (non-hydrogen) atoms. The second-order valence-electron chi connectivity index (χ2n) is 3.94. The van der Waals surface area contributed by atoms with Crippen LogP contribution in [0.3, 0.4) is 0 Å². The number of carbonyl (C=O) groups excluding carboxylic acids is 1. The van der Waals surface area contributed by atoms with Gasteiger partial charge in [0.15, 0.2) is 0 Å². The lowest BCUT2D eigenvalue weighted by Gasteiger charge is -2.39. The molecule has 0 bridgehead atoms. The van der Waals surface area contributed by atoms with Crippen molar-refractivity contribution in [2.45, 2.75) is 25.7 Å². The van der Waals surface area contributed by atoms with Crippen molar-refractivity contribution in [2.75, 3.05) is 26.8 Å². The highest BCUT2D eigenvalue weighted by Gasteiger charge is 2.42. The number of methoxy groups -OCH3 is 1.